The lowest BCUT2D eigenvalue weighted by molar-refractivity contribution is 0.405. The largest absolute Gasteiger partial charge is 0.504 e. The first-order valence-corrected chi connectivity index (χ1v) is 12.7. The average molecular weight is 491 g/mol. The van der Waals surface area contributed by atoms with Gasteiger partial charge in [0.2, 0.25) is 0 Å². The molecule has 0 bridgehead atoms. The highest BCUT2D eigenvalue weighted by molar-refractivity contribution is 6.08. The maximum Gasteiger partial charge on any atom is 0.165 e. The summed E-state index contributed by atoms with van der Waals surface area (Å²) in [5.41, 5.74) is 9.94. The molecular formula is C36H26O2. The molecule has 2 N–H and O–H groups in total. The minimum Gasteiger partial charge on any atom is -0.504 e. The van der Waals surface area contributed by atoms with Gasteiger partial charge in [-0.05, 0) is 62.2 Å². The summed E-state index contributed by atoms with van der Waals surface area (Å²) in [6.45, 7) is 0. The van der Waals surface area contributed by atoms with Gasteiger partial charge in [0.15, 0.2) is 11.5 Å². The zero-order valence-electron chi connectivity index (χ0n) is 20.8. The van der Waals surface area contributed by atoms with Gasteiger partial charge in [0, 0.05) is 5.56 Å². The third-order valence-corrected chi connectivity index (χ3v) is 6.90. The normalized spacial score (nSPS) is 10.8. The number of aromatic hydroxyl groups is 2. The quantitative estimate of drug-likeness (QED) is 0.236. The van der Waals surface area contributed by atoms with E-state index in [4.69, 9.17) is 0 Å². The molecule has 2 heteroatoms. The number of benzene rings is 6. The second kappa shape index (κ2) is 10.1. The highest BCUT2D eigenvalue weighted by Gasteiger charge is 2.25. The number of phenolic OH excluding ortho intramolecular Hbond substituents is 2. The number of hydrogen-bond donors (Lipinski definition) is 2. The van der Waals surface area contributed by atoms with Crippen LogP contribution >= 0.6 is 0 Å². The molecule has 0 aliphatic heterocycles. The van der Waals surface area contributed by atoms with Crippen LogP contribution in [0.4, 0.5) is 0 Å². The topological polar surface area (TPSA) is 40.5 Å². The van der Waals surface area contributed by atoms with Crippen molar-refractivity contribution in [3.8, 4) is 67.1 Å². The van der Waals surface area contributed by atoms with E-state index in [1.54, 1.807) is 6.07 Å². The Bertz CT molecular complexity index is 1690. The van der Waals surface area contributed by atoms with Crippen LogP contribution < -0.4 is 0 Å². The molecule has 6 rings (SSSR count). The fourth-order valence-electron chi connectivity index (χ4n) is 5.19. The van der Waals surface area contributed by atoms with Crippen LogP contribution in [0.25, 0.3) is 55.6 Å². The minimum atomic E-state index is -0.142. The third-order valence-electron chi connectivity index (χ3n) is 6.90. The van der Waals surface area contributed by atoms with Crippen LogP contribution in [0.5, 0.6) is 11.5 Å². The molecule has 6 aromatic rings. The Balaban J connectivity index is 1.86. The minimum absolute atomic E-state index is 0.129. The molecule has 0 fully saturated rings. The van der Waals surface area contributed by atoms with Crippen LogP contribution in [0, 0.1) is 0 Å². The van der Waals surface area contributed by atoms with Crippen molar-refractivity contribution < 1.29 is 10.2 Å². The van der Waals surface area contributed by atoms with Crippen LogP contribution in [0.2, 0.25) is 0 Å². The molecule has 0 heterocycles. The van der Waals surface area contributed by atoms with Gasteiger partial charge in [0.1, 0.15) is 0 Å². The van der Waals surface area contributed by atoms with E-state index in [2.05, 4.69) is 78.9 Å². The molecule has 182 valence electrons. The van der Waals surface area contributed by atoms with Crippen LogP contribution in [0.1, 0.15) is 0 Å². The van der Waals surface area contributed by atoms with Crippen molar-refractivity contribution in [1.82, 2.24) is 0 Å². The molecule has 0 amide bonds. The molecule has 0 aromatic heterocycles. The van der Waals surface area contributed by atoms with Gasteiger partial charge in [0.05, 0.1) is 0 Å². The van der Waals surface area contributed by atoms with E-state index in [1.807, 2.05) is 54.6 Å². The summed E-state index contributed by atoms with van der Waals surface area (Å²) in [6.07, 6.45) is 0. The smallest absolute Gasteiger partial charge is 0.165 e. The van der Waals surface area contributed by atoms with Gasteiger partial charge in [-0.3, -0.25) is 0 Å². The Morgan fingerprint density at radius 2 is 0.737 bits per heavy atom. The van der Waals surface area contributed by atoms with Crippen molar-refractivity contribution in [2.75, 3.05) is 0 Å². The maximum atomic E-state index is 11.1. The molecule has 0 saturated heterocycles. The summed E-state index contributed by atoms with van der Waals surface area (Å²) in [5, 5.41) is 21.6. The molecule has 0 aliphatic carbocycles. The maximum absolute atomic E-state index is 11.1. The Labute approximate surface area is 222 Å². The fourth-order valence-corrected chi connectivity index (χ4v) is 5.19. The van der Waals surface area contributed by atoms with Crippen molar-refractivity contribution in [3.63, 3.8) is 0 Å². The molecule has 0 radical (unpaired) electrons. The molecule has 0 unspecified atom stereocenters. The van der Waals surface area contributed by atoms with E-state index in [0.29, 0.717) is 5.56 Å². The predicted octanol–water partition coefficient (Wildman–Crippen LogP) is 9.43. The van der Waals surface area contributed by atoms with E-state index in [1.165, 1.54) is 6.07 Å². The van der Waals surface area contributed by atoms with Crippen LogP contribution in [0.3, 0.4) is 0 Å². The van der Waals surface area contributed by atoms with E-state index < -0.39 is 0 Å². The van der Waals surface area contributed by atoms with E-state index in [-0.39, 0.29) is 11.5 Å². The summed E-state index contributed by atoms with van der Waals surface area (Å²) in [7, 11) is 0. The van der Waals surface area contributed by atoms with E-state index in [9.17, 15) is 10.2 Å². The highest BCUT2D eigenvalue weighted by Crippen LogP contribution is 2.52. The van der Waals surface area contributed by atoms with Gasteiger partial charge in [-0.25, -0.2) is 0 Å². The second-order valence-electron chi connectivity index (χ2n) is 9.23. The lowest BCUT2D eigenvalue weighted by atomic mass is 9.79. The summed E-state index contributed by atoms with van der Waals surface area (Å²) < 4.78 is 0. The van der Waals surface area contributed by atoms with Gasteiger partial charge < -0.3 is 10.2 Å². The summed E-state index contributed by atoms with van der Waals surface area (Å²) in [6, 6.07) is 48.8. The van der Waals surface area contributed by atoms with Crippen LogP contribution in [-0.2, 0) is 0 Å². The SMILES string of the molecule is Oc1cccc(-c2cc(-c3ccccc3)c(-c3ccccc3)c(-c3ccccc3)c2-c2ccccc2)c1O. The Kier molecular flexibility index (Phi) is 6.21. The molecule has 6 aromatic carbocycles. The molecule has 2 nitrogen and oxygen atoms in total. The van der Waals surface area contributed by atoms with Crippen LogP contribution in [0.15, 0.2) is 146 Å². The Hall–Kier alpha value is -5.08. The zero-order chi connectivity index (χ0) is 25.9. The van der Waals surface area contributed by atoms with Crippen molar-refractivity contribution >= 4 is 0 Å². The third kappa shape index (κ3) is 4.23. The lowest BCUT2D eigenvalue weighted by Gasteiger charge is -2.24. The monoisotopic (exact) mass is 490 g/mol. The van der Waals surface area contributed by atoms with Crippen molar-refractivity contribution in [2.24, 2.45) is 0 Å². The van der Waals surface area contributed by atoms with Gasteiger partial charge in [0.25, 0.3) is 0 Å². The van der Waals surface area contributed by atoms with Crippen molar-refractivity contribution in [3.05, 3.63) is 146 Å². The molecular weight excluding hydrogens is 464 g/mol. The highest BCUT2D eigenvalue weighted by atomic mass is 16.3. The summed E-state index contributed by atoms with van der Waals surface area (Å²) in [5.74, 6) is -0.272. The van der Waals surface area contributed by atoms with Gasteiger partial charge in [-0.1, -0.05) is 133 Å². The van der Waals surface area contributed by atoms with Gasteiger partial charge in [-0.15, -0.1) is 0 Å². The first kappa shape index (κ1) is 23.3. The van der Waals surface area contributed by atoms with Crippen molar-refractivity contribution in [1.29, 1.82) is 0 Å². The molecule has 0 saturated carbocycles. The zero-order valence-corrected chi connectivity index (χ0v) is 20.8. The van der Waals surface area contributed by atoms with E-state index in [0.717, 1.165) is 50.1 Å². The summed E-state index contributed by atoms with van der Waals surface area (Å²) >= 11 is 0. The first-order chi connectivity index (χ1) is 18.7. The summed E-state index contributed by atoms with van der Waals surface area (Å²) in [4.78, 5) is 0. The van der Waals surface area contributed by atoms with Crippen LogP contribution in [-0.4, -0.2) is 10.2 Å². The molecule has 0 aliphatic rings. The number of rotatable bonds is 5. The fraction of sp³-hybridized carbons (Fsp3) is 0. The van der Waals surface area contributed by atoms with Gasteiger partial charge in [-0.2, -0.15) is 0 Å². The van der Waals surface area contributed by atoms with E-state index >= 15 is 0 Å². The van der Waals surface area contributed by atoms with Gasteiger partial charge >= 0.3 is 0 Å². The first-order valence-electron chi connectivity index (χ1n) is 12.7. The number of hydrogen-bond acceptors (Lipinski definition) is 2. The lowest BCUT2D eigenvalue weighted by Crippen LogP contribution is -1.98. The average Bonchev–Trinajstić information content (AvgIpc) is 2.99. The predicted molar refractivity (Wildman–Crippen MR) is 157 cm³/mol. The van der Waals surface area contributed by atoms with Crippen molar-refractivity contribution in [2.45, 2.75) is 0 Å². The molecule has 0 atom stereocenters. The second-order valence-corrected chi connectivity index (χ2v) is 9.23. The molecule has 0 spiro atoms. The number of phenols is 2. The Morgan fingerprint density at radius 1 is 0.316 bits per heavy atom. The number of para-hydroxylation sites is 1. The standard InChI is InChI=1S/C36H26O2/c37-32-23-13-22-29(36(32)38)31-24-30(25-14-5-1-6-15-25)33(26-16-7-2-8-17-26)35(28-20-11-4-12-21-28)34(31)27-18-9-3-10-19-27/h1-24,37-38H. The molecule has 38 heavy (non-hydrogen) atoms. The Morgan fingerprint density at radius 3 is 1.24 bits per heavy atom.